The Labute approximate surface area is 141 Å². The molecule has 6 nitrogen and oxygen atoms in total. The maximum atomic E-state index is 5.44. The van der Waals surface area contributed by atoms with Crippen LogP contribution in [0, 0.1) is 6.92 Å². The second-order valence-electron chi connectivity index (χ2n) is 5.82. The summed E-state index contributed by atoms with van der Waals surface area (Å²) >= 11 is 0. The molecule has 0 bridgehead atoms. The molecule has 0 saturated carbocycles. The van der Waals surface area contributed by atoms with Gasteiger partial charge in [0.1, 0.15) is 5.69 Å². The molecule has 0 amide bonds. The lowest BCUT2D eigenvalue weighted by Crippen LogP contribution is -2.17. The Bertz CT molecular complexity index is 806. The molecule has 3 aromatic heterocycles. The Morgan fingerprint density at radius 1 is 1.29 bits per heavy atom. The summed E-state index contributed by atoms with van der Waals surface area (Å²) in [6.45, 7) is 7.96. The minimum absolute atomic E-state index is 0.673. The van der Waals surface area contributed by atoms with Crippen molar-refractivity contribution in [2.75, 3.05) is 7.05 Å². The van der Waals surface area contributed by atoms with E-state index >= 15 is 0 Å². The van der Waals surface area contributed by atoms with Crippen molar-refractivity contribution in [2.24, 2.45) is 0 Å². The van der Waals surface area contributed by atoms with Gasteiger partial charge in [-0.2, -0.15) is 5.10 Å². The molecule has 0 aliphatic carbocycles. The predicted octanol–water partition coefficient (Wildman–Crippen LogP) is 3.06. The highest BCUT2D eigenvalue weighted by atomic mass is 16.5. The van der Waals surface area contributed by atoms with Crippen molar-refractivity contribution >= 4 is 0 Å². The SMILES string of the molecule is C=CCn1cc(CN(C)Cc2cc(-c3ccccn3)no2)c(C)n1. The van der Waals surface area contributed by atoms with Crippen LogP contribution in [0.4, 0.5) is 0 Å². The fraction of sp³-hybridized carbons (Fsp3) is 0.278. The van der Waals surface area contributed by atoms with Gasteiger partial charge in [-0.05, 0) is 26.1 Å². The number of nitrogens with zero attached hydrogens (tertiary/aromatic N) is 5. The van der Waals surface area contributed by atoms with Crippen molar-refractivity contribution in [1.29, 1.82) is 0 Å². The monoisotopic (exact) mass is 323 g/mol. The Morgan fingerprint density at radius 2 is 2.17 bits per heavy atom. The van der Waals surface area contributed by atoms with Gasteiger partial charge in [0, 0.05) is 30.6 Å². The van der Waals surface area contributed by atoms with Crippen molar-refractivity contribution in [1.82, 2.24) is 24.8 Å². The van der Waals surface area contributed by atoms with Crippen LogP contribution >= 0.6 is 0 Å². The first-order valence-electron chi connectivity index (χ1n) is 7.85. The summed E-state index contributed by atoms with van der Waals surface area (Å²) in [6.07, 6.45) is 5.65. The summed E-state index contributed by atoms with van der Waals surface area (Å²) in [5.74, 6) is 0.814. The molecule has 0 aliphatic rings. The highest BCUT2D eigenvalue weighted by molar-refractivity contribution is 5.52. The molecule has 0 unspecified atom stereocenters. The minimum Gasteiger partial charge on any atom is -0.359 e. The van der Waals surface area contributed by atoms with E-state index < -0.39 is 0 Å². The smallest absolute Gasteiger partial charge is 0.151 e. The molecule has 124 valence electrons. The summed E-state index contributed by atoms with van der Waals surface area (Å²) in [4.78, 5) is 6.46. The lowest BCUT2D eigenvalue weighted by molar-refractivity contribution is 0.266. The van der Waals surface area contributed by atoms with Gasteiger partial charge in [-0.25, -0.2) is 0 Å². The largest absolute Gasteiger partial charge is 0.359 e. The van der Waals surface area contributed by atoms with E-state index in [-0.39, 0.29) is 0 Å². The first kappa shape index (κ1) is 16.1. The Balaban J connectivity index is 1.64. The Morgan fingerprint density at radius 3 is 2.92 bits per heavy atom. The van der Waals surface area contributed by atoms with Crippen LogP contribution in [0.25, 0.3) is 11.4 Å². The fourth-order valence-electron chi connectivity index (χ4n) is 2.58. The zero-order chi connectivity index (χ0) is 16.9. The number of pyridine rings is 1. The molecule has 0 atom stereocenters. The van der Waals surface area contributed by atoms with Crippen LogP contribution in [0.5, 0.6) is 0 Å². The van der Waals surface area contributed by atoms with Crippen molar-refractivity contribution in [3.05, 3.63) is 66.3 Å². The molecule has 0 N–H and O–H groups in total. The number of allylic oxidation sites excluding steroid dienone is 1. The molecule has 3 rings (SSSR count). The predicted molar refractivity (Wildman–Crippen MR) is 92.1 cm³/mol. The van der Waals surface area contributed by atoms with Gasteiger partial charge in [-0.1, -0.05) is 17.3 Å². The molecule has 0 saturated heterocycles. The van der Waals surface area contributed by atoms with Gasteiger partial charge in [0.05, 0.1) is 24.5 Å². The molecule has 0 radical (unpaired) electrons. The minimum atomic E-state index is 0.673. The van der Waals surface area contributed by atoms with Crippen molar-refractivity contribution in [2.45, 2.75) is 26.6 Å². The number of rotatable bonds is 7. The van der Waals surface area contributed by atoms with Gasteiger partial charge < -0.3 is 4.52 Å². The highest BCUT2D eigenvalue weighted by Crippen LogP contribution is 2.18. The highest BCUT2D eigenvalue weighted by Gasteiger charge is 2.12. The number of aryl methyl sites for hydroxylation is 1. The third-order valence-corrected chi connectivity index (χ3v) is 3.72. The van der Waals surface area contributed by atoms with Gasteiger partial charge in [0.25, 0.3) is 0 Å². The maximum absolute atomic E-state index is 5.44. The molecule has 0 aliphatic heterocycles. The van der Waals surface area contributed by atoms with Crippen LogP contribution in [0.1, 0.15) is 17.0 Å². The quantitative estimate of drug-likeness (QED) is 0.625. The number of aromatic nitrogens is 4. The molecule has 3 heterocycles. The summed E-state index contributed by atoms with van der Waals surface area (Å²) in [6, 6.07) is 7.68. The molecule has 0 fully saturated rings. The van der Waals surface area contributed by atoms with Crippen molar-refractivity contribution in [3.63, 3.8) is 0 Å². The second-order valence-corrected chi connectivity index (χ2v) is 5.82. The van der Waals surface area contributed by atoms with Crippen molar-refractivity contribution < 1.29 is 4.52 Å². The van der Waals surface area contributed by atoms with Crippen LogP contribution in [0.15, 0.2) is 53.8 Å². The van der Waals surface area contributed by atoms with Gasteiger partial charge in [0.15, 0.2) is 5.76 Å². The van der Waals surface area contributed by atoms with E-state index in [9.17, 15) is 0 Å². The molecule has 0 aromatic carbocycles. The standard InChI is InChI=1S/C18H21N5O/c1-4-9-23-12-15(14(2)20-23)11-22(3)13-16-10-18(21-24-16)17-7-5-6-8-19-17/h4-8,10,12H,1,9,11,13H2,2-3H3. The third-order valence-electron chi connectivity index (χ3n) is 3.72. The summed E-state index contributed by atoms with van der Waals surface area (Å²) < 4.78 is 7.34. The van der Waals surface area contributed by atoms with Gasteiger partial charge in [-0.3, -0.25) is 14.6 Å². The van der Waals surface area contributed by atoms with Crippen LogP contribution in [0.2, 0.25) is 0 Å². The lowest BCUT2D eigenvalue weighted by atomic mass is 10.2. The summed E-state index contributed by atoms with van der Waals surface area (Å²) in [5, 5.41) is 8.58. The van der Waals surface area contributed by atoms with E-state index in [0.717, 1.165) is 35.9 Å². The lowest BCUT2D eigenvalue weighted by Gasteiger charge is -2.13. The summed E-state index contributed by atoms with van der Waals surface area (Å²) in [7, 11) is 2.05. The molecule has 3 aromatic rings. The van der Waals surface area contributed by atoms with E-state index in [2.05, 4.69) is 32.9 Å². The number of hydrogen-bond donors (Lipinski definition) is 0. The summed E-state index contributed by atoms with van der Waals surface area (Å²) in [5.41, 5.74) is 3.81. The fourth-order valence-corrected chi connectivity index (χ4v) is 2.58. The topological polar surface area (TPSA) is 60.0 Å². The van der Waals surface area contributed by atoms with E-state index in [1.165, 1.54) is 5.56 Å². The van der Waals surface area contributed by atoms with Gasteiger partial charge >= 0.3 is 0 Å². The zero-order valence-electron chi connectivity index (χ0n) is 14.0. The van der Waals surface area contributed by atoms with Crippen LogP contribution < -0.4 is 0 Å². The van der Waals surface area contributed by atoms with E-state index in [0.29, 0.717) is 6.54 Å². The van der Waals surface area contributed by atoms with E-state index in [1.54, 1.807) is 6.20 Å². The Hall–Kier alpha value is -2.73. The number of hydrogen-bond acceptors (Lipinski definition) is 5. The third kappa shape index (κ3) is 3.78. The molecule has 6 heteroatoms. The average Bonchev–Trinajstić information content (AvgIpc) is 3.16. The average molecular weight is 323 g/mol. The molecular weight excluding hydrogens is 302 g/mol. The van der Waals surface area contributed by atoms with Crippen LogP contribution in [-0.4, -0.2) is 31.9 Å². The van der Waals surface area contributed by atoms with Crippen molar-refractivity contribution in [3.8, 4) is 11.4 Å². The second kappa shape index (κ2) is 7.23. The van der Waals surface area contributed by atoms with E-state index in [1.807, 2.05) is 49.0 Å². The zero-order valence-corrected chi connectivity index (χ0v) is 14.0. The molecule has 0 spiro atoms. The first-order chi connectivity index (χ1) is 11.7. The van der Waals surface area contributed by atoms with Crippen LogP contribution in [-0.2, 0) is 19.6 Å². The van der Waals surface area contributed by atoms with Gasteiger partial charge in [-0.15, -0.1) is 6.58 Å². The normalized spacial score (nSPS) is 11.1. The maximum Gasteiger partial charge on any atom is 0.151 e. The van der Waals surface area contributed by atoms with Gasteiger partial charge in [0.2, 0.25) is 0 Å². The Kier molecular flexibility index (Phi) is 4.86. The van der Waals surface area contributed by atoms with E-state index in [4.69, 9.17) is 4.52 Å². The first-order valence-corrected chi connectivity index (χ1v) is 7.85. The molecular formula is C18H21N5O. The van der Waals surface area contributed by atoms with Crippen LogP contribution in [0.3, 0.4) is 0 Å². The molecule has 24 heavy (non-hydrogen) atoms.